The Balaban J connectivity index is 4.38. The van der Waals surface area contributed by atoms with E-state index in [9.17, 15) is 19.0 Å². The van der Waals surface area contributed by atoms with Crippen molar-refractivity contribution in [3.05, 3.63) is 24.3 Å². The molecular formula is C41H78NO8P. The number of hydrogen-bond donors (Lipinski definition) is 0. The first-order valence-electron chi connectivity index (χ1n) is 20.5. The molecule has 0 N–H and O–H groups in total. The molecule has 51 heavy (non-hydrogen) atoms. The number of quaternary nitrogens is 1. The van der Waals surface area contributed by atoms with E-state index < -0.39 is 26.5 Å². The highest BCUT2D eigenvalue weighted by atomic mass is 31.2. The van der Waals surface area contributed by atoms with Gasteiger partial charge in [-0.1, -0.05) is 141 Å². The molecule has 0 aliphatic rings. The molecule has 0 aromatic carbocycles. The Bertz CT molecular complexity index is 933. The zero-order valence-electron chi connectivity index (χ0n) is 33.6. The number of allylic oxidation sites excluding steroid dienone is 4. The van der Waals surface area contributed by atoms with E-state index in [2.05, 4.69) is 38.2 Å². The predicted octanol–water partition coefficient (Wildman–Crippen LogP) is 10.6. The predicted molar refractivity (Wildman–Crippen MR) is 208 cm³/mol. The van der Waals surface area contributed by atoms with Gasteiger partial charge in [-0.25, -0.2) is 0 Å². The summed E-state index contributed by atoms with van der Waals surface area (Å²) in [5.74, 6) is -0.843. The van der Waals surface area contributed by atoms with Gasteiger partial charge in [0.25, 0.3) is 7.82 Å². The number of phosphoric acid groups is 1. The molecule has 0 aromatic rings. The van der Waals surface area contributed by atoms with E-state index in [1.807, 2.05) is 21.1 Å². The van der Waals surface area contributed by atoms with Crippen LogP contribution in [0, 0.1) is 0 Å². The Kier molecular flexibility index (Phi) is 33.3. The molecule has 0 aliphatic carbocycles. The Hall–Kier alpha value is -1.51. The number of carbonyl (C=O) groups is 2. The highest BCUT2D eigenvalue weighted by Crippen LogP contribution is 2.38. The summed E-state index contributed by atoms with van der Waals surface area (Å²) in [6, 6.07) is 0. The molecular weight excluding hydrogens is 665 g/mol. The largest absolute Gasteiger partial charge is 0.756 e. The van der Waals surface area contributed by atoms with Crippen molar-refractivity contribution in [3.63, 3.8) is 0 Å². The maximum Gasteiger partial charge on any atom is 0.306 e. The van der Waals surface area contributed by atoms with Crippen molar-refractivity contribution in [1.82, 2.24) is 0 Å². The van der Waals surface area contributed by atoms with Gasteiger partial charge in [0, 0.05) is 12.8 Å². The molecule has 0 heterocycles. The van der Waals surface area contributed by atoms with Gasteiger partial charge in [-0.2, -0.15) is 0 Å². The quantitative estimate of drug-likeness (QED) is 0.0203. The molecule has 300 valence electrons. The van der Waals surface area contributed by atoms with Gasteiger partial charge in [0.05, 0.1) is 27.7 Å². The first-order chi connectivity index (χ1) is 24.5. The number of nitrogens with zero attached hydrogens (tertiary/aromatic N) is 1. The molecule has 10 heteroatoms. The van der Waals surface area contributed by atoms with Crippen LogP contribution in [0.5, 0.6) is 0 Å². The van der Waals surface area contributed by atoms with Gasteiger partial charge in [0.15, 0.2) is 6.10 Å². The van der Waals surface area contributed by atoms with Crippen LogP contribution in [0.25, 0.3) is 0 Å². The van der Waals surface area contributed by atoms with Crippen molar-refractivity contribution >= 4 is 19.8 Å². The van der Waals surface area contributed by atoms with E-state index in [-0.39, 0.29) is 32.0 Å². The van der Waals surface area contributed by atoms with Crippen molar-refractivity contribution < 1.29 is 42.1 Å². The minimum absolute atomic E-state index is 0.0310. The number of carbonyl (C=O) groups excluding carboxylic acids is 2. The Morgan fingerprint density at radius 3 is 1.59 bits per heavy atom. The molecule has 0 radical (unpaired) electrons. The monoisotopic (exact) mass is 744 g/mol. The fourth-order valence-electron chi connectivity index (χ4n) is 5.45. The van der Waals surface area contributed by atoms with Gasteiger partial charge in [-0.15, -0.1) is 0 Å². The zero-order valence-corrected chi connectivity index (χ0v) is 34.4. The summed E-state index contributed by atoms with van der Waals surface area (Å²) in [6.07, 6.45) is 34.8. The fraction of sp³-hybridized carbons (Fsp3) is 0.854. The van der Waals surface area contributed by atoms with Crippen LogP contribution in [0.3, 0.4) is 0 Å². The molecule has 9 nitrogen and oxygen atoms in total. The van der Waals surface area contributed by atoms with Crippen LogP contribution in [0.1, 0.15) is 174 Å². The maximum absolute atomic E-state index is 12.6. The summed E-state index contributed by atoms with van der Waals surface area (Å²) >= 11 is 0. The van der Waals surface area contributed by atoms with E-state index in [0.717, 1.165) is 51.4 Å². The van der Waals surface area contributed by atoms with Gasteiger partial charge in [0.1, 0.15) is 19.8 Å². The van der Waals surface area contributed by atoms with Crippen molar-refractivity contribution in [2.75, 3.05) is 47.5 Å². The smallest absolute Gasteiger partial charge is 0.306 e. The van der Waals surface area contributed by atoms with Crippen LogP contribution >= 0.6 is 7.82 Å². The average molecular weight is 744 g/mol. The number of ether oxygens (including phenoxy) is 2. The highest BCUT2D eigenvalue weighted by molar-refractivity contribution is 7.45. The summed E-state index contributed by atoms with van der Waals surface area (Å²) in [5.41, 5.74) is 0. The van der Waals surface area contributed by atoms with E-state index in [4.69, 9.17) is 18.5 Å². The minimum Gasteiger partial charge on any atom is -0.756 e. The van der Waals surface area contributed by atoms with E-state index in [1.54, 1.807) is 0 Å². The molecule has 0 rings (SSSR count). The van der Waals surface area contributed by atoms with E-state index in [1.165, 1.54) is 89.9 Å². The number of esters is 2. The average Bonchev–Trinajstić information content (AvgIpc) is 3.07. The van der Waals surface area contributed by atoms with Gasteiger partial charge < -0.3 is 27.9 Å². The number of phosphoric ester groups is 1. The summed E-state index contributed by atoms with van der Waals surface area (Å²) in [4.78, 5) is 37.4. The first kappa shape index (κ1) is 49.5. The third-order valence-electron chi connectivity index (χ3n) is 8.72. The molecule has 0 fully saturated rings. The fourth-order valence-corrected chi connectivity index (χ4v) is 6.18. The normalized spacial score (nSPS) is 13.9. The molecule has 2 atom stereocenters. The molecule has 0 saturated heterocycles. The van der Waals surface area contributed by atoms with Crippen LogP contribution in [0.15, 0.2) is 24.3 Å². The van der Waals surface area contributed by atoms with Crippen molar-refractivity contribution in [3.8, 4) is 0 Å². The lowest BCUT2D eigenvalue weighted by Crippen LogP contribution is -2.37. The molecule has 1 unspecified atom stereocenters. The molecule has 0 aromatic heterocycles. The van der Waals surface area contributed by atoms with Crippen LogP contribution < -0.4 is 4.89 Å². The van der Waals surface area contributed by atoms with Crippen LogP contribution in [-0.4, -0.2) is 70.0 Å². The molecule has 0 bridgehead atoms. The molecule has 0 spiro atoms. The van der Waals surface area contributed by atoms with Gasteiger partial charge in [-0.3, -0.25) is 14.2 Å². The second-order valence-corrected chi connectivity index (χ2v) is 16.4. The second-order valence-electron chi connectivity index (χ2n) is 15.0. The van der Waals surface area contributed by atoms with Crippen molar-refractivity contribution in [2.24, 2.45) is 0 Å². The standard InChI is InChI=1S/C41H78NO8P/c1-6-8-10-12-14-16-18-19-20-21-22-23-24-26-28-30-32-34-41(44)50-39(38-49-51(45,46)48-36-35-42(3,4)5)37-47-40(43)33-31-29-27-25-17-15-13-11-9-7-2/h14,16,19-20,39H,6-13,15,17-18,21-38H2,1-5H3/b16-14+,20-19+/t39-/m1/s1. The third-order valence-corrected chi connectivity index (χ3v) is 9.69. The summed E-state index contributed by atoms with van der Waals surface area (Å²) in [7, 11) is 1.16. The number of likely N-dealkylation sites (N-methyl/N-ethyl adjacent to an activating group) is 1. The van der Waals surface area contributed by atoms with Crippen LogP contribution in [-0.2, 0) is 32.7 Å². The molecule has 0 saturated carbocycles. The van der Waals surface area contributed by atoms with Crippen LogP contribution in [0.2, 0.25) is 0 Å². The first-order valence-corrected chi connectivity index (χ1v) is 22.0. The van der Waals surface area contributed by atoms with Crippen LogP contribution in [0.4, 0.5) is 0 Å². The topological polar surface area (TPSA) is 111 Å². The minimum atomic E-state index is -4.62. The lowest BCUT2D eigenvalue weighted by Gasteiger charge is -2.28. The van der Waals surface area contributed by atoms with E-state index in [0.29, 0.717) is 17.4 Å². The maximum atomic E-state index is 12.6. The Labute approximate surface area is 313 Å². The Morgan fingerprint density at radius 2 is 1.06 bits per heavy atom. The zero-order chi connectivity index (χ0) is 37.9. The molecule has 0 aliphatic heterocycles. The lowest BCUT2D eigenvalue weighted by atomic mass is 10.1. The second kappa shape index (κ2) is 34.3. The summed E-state index contributed by atoms with van der Waals surface area (Å²) < 4.78 is 33.8. The van der Waals surface area contributed by atoms with E-state index >= 15 is 0 Å². The Morgan fingerprint density at radius 1 is 0.608 bits per heavy atom. The van der Waals surface area contributed by atoms with Gasteiger partial charge in [0.2, 0.25) is 0 Å². The van der Waals surface area contributed by atoms with Gasteiger partial charge in [-0.05, 0) is 44.9 Å². The van der Waals surface area contributed by atoms with Crippen molar-refractivity contribution in [2.45, 2.75) is 180 Å². The van der Waals surface area contributed by atoms with Gasteiger partial charge >= 0.3 is 11.9 Å². The lowest BCUT2D eigenvalue weighted by molar-refractivity contribution is -0.870. The highest BCUT2D eigenvalue weighted by Gasteiger charge is 2.21. The summed E-state index contributed by atoms with van der Waals surface area (Å²) in [5, 5.41) is 0. The summed E-state index contributed by atoms with van der Waals surface area (Å²) in [6.45, 7) is 4.17. The van der Waals surface area contributed by atoms with Crippen molar-refractivity contribution in [1.29, 1.82) is 0 Å². The number of rotatable bonds is 37. The number of hydrogen-bond acceptors (Lipinski definition) is 8. The SMILES string of the molecule is CCCCC/C=C/C/C=C/CCCCCCCCCC(=O)O[C@H](COC(=O)CCCCCCCCCCCC)COP(=O)([O-])OCC[N+](C)(C)C. The molecule has 0 amide bonds. The third kappa shape index (κ3) is 38.0. The number of unbranched alkanes of at least 4 members (excludes halogenated alkanes) is 19.